The SMILES string of the molecule is CCCCCC(O)/C=C/C=C\C=C/C(O)C/C=C\CCCC=O. The molecule has 0 aliphatic heterocycles. The first-order chi connectivity index (χ1) is 11.2. The molecule has 0 aromatic heterocycles. The first-order valence-electron chi connectivity index (χ1n) is 8.67. The maximum absolute atomic E-state index is 10.1. The van der Waals surface area contributed by atoms with Gasteiger partial charge >= 0.3 is 0 Å². The molecule has 3 heteroatoms. The second-order valence-corrected chi connectivity index (χ2v) is 5.59. The highest BCUT2D eigenvalue weighted by atomic mass is 16.3. The van der Waals surface area contributed by atoms with Crippen LogP contribution in [0.5, 0.6) is 0 Å². The summed E-state index contributed by atoms with van der Waals surface area (Å²) in [5, 5.41) is 19.4. The molecule has 0 heterocycles. The Morgan fingerprint density at radius 2 is 1.52 bits per heavy atom. The van der Waals surface area contributed by atoms with E-state index in [1.165, 1.54) is 0 Å². The Hall–Kier alpha value is -1.45. The predicted octanol–water partition coefficient (Wildman–Crippen LogP) is 4.27. The summed E-state index contributed by atoms with van der Waals surface area (Å²) in [4.78, 5) is 10.1. The highest BCUT2D eigenvalue weighted by Crippen LogP contribution is 2.04. The Bertz CT molecular complexity index is 380. The minimum absolute atomic E-state index is 0.370. The molecule has 2 atom stereocenters. The third kappa shape index (κ3) is 16.7. The number of carbonyl (C=O) groups excluding carboxylic acids is 1. The lowest BCUT2D eigenvalue weighted by atomic mass is 10.1. The van der Waals surface area contributed by atoms with Crippen molar-refractivity contribution in [3.8, 4) is 0 Å². The van der Waals surface area contributed by atoms with E-state index in [0.29, 0.717) is 12.8 Å². The quantitative estimate of drug-likeness (QED) is 0.217. The molecule has 2 N–H and O–H groups in total. The molecule has 3 nitrogen and oxygen atoms in total. The number of aldehydes is 1. The number of hydrogen-bond donors (Lipinski definition) is 2. The zero-order valence-corrected chi connectivity index (χ0v) is 14.3. The van der Waals surface area contributed by atoms with E-state index in [1.54, 1.807) is 18.2 Å². The van der Waals surface area contributed by atoms with Crippen molar-refractivity contribution < 1.29 is 15.0 Å². The summed E-state index contributed by atoms with van der Waals surface area (Å²) in [6, 6.07) is 0. The minimum atomic E-state index is -0.495. The number of aliphatic hydroxyl groups excluding tert-OH is 2. The molecular weight excluding hydrogens is 288 g/mol. The maximum Gasteiger partial charge on any atom is 0.120 e. The summed E-state index contributed by atoms with van der Waals surface area (Å²) in [6.45, 7) is 2.15. The molecule has 0 bridgehead atoms. The van der Waals surface area contributed by atoms with Crippen LogP contribution in [0, 0.1) is 0 Å². The van der Waals surface area contributed by atoms with Crippen LogP contribution in [0.2, 0.25) is 0 Å². The van der Waals surface area contributed by atoms with E-state index in [0.717, 1.165) is 44.8 Å². The molecule has 0 radical (unpaired) electrons. The largest absolute Gasteiger partial charge is 0.389 e. The average molecular weight is 320 g/mol. The van der Waals surface area contributed by atoms with Gasteiger partial charge in [-0.3, -0.25) is 0 Å². The molecule has 0 spiro atoms. The summed E-state index contributed by atoms with van der Waals surface area (Å²) >= 11 is 0. The summed E-state index contributed by atoms with van der Waals surface area (Å²) in [6.07, 6.45) is 22.0. The molecule has 2 unspecified atom stereocenters. The molecule has 23 heavy (non-hydrogen) atoms. The Morgan fingerprint density at radius 1 is 0.826 bits per heavy atom. The molecule has 0 aromatic rings. The number of unbranched alkanes of at least 4 members (excludes halogenated alkanes) is 4. The summed E-state index contributed by atoms with van der Waals surface area (Å²) in [5.41, 5.74) is 0. The molecule has 0 aromatic carbocycles. The molecular formula is C20H32O3. The smallest absolute Gasteiger partial charge is 0.120 e. The lowest BCUT2D eigenvalue weighted by molar-refractivity contribution is -0.107. The van der Waals surface area contributed by atoms with Gasteiger partial charge in [-0.1, -0.05) is 74.8 Å². The molecule has 0 fully saturated rings. The molecule has 0 aliphatic rings. The third-order valence-corrected chi connectivity index (χ3v) is 3.34. The fourth-order valence-corrected chi connectivity index (χ4v) is 1.96. The van der Waals surface area contributed by atoms with Gasteiger partial charge in [-0.25, -0.2) is 0 Å². The van der Waals surface area contributed by atoms with Gasteiger partial charge in [-0.05, 0) is 25.7 Å². The monoisotopic (exact) mass is 320 g/mol. The van der Waals surface area contributed by atoms with Crippen LogP contribution in [0.1, 0.15) is 58.3 Å². The second-order valence-electron chi connectivity index (χ2n) is 5.59. The van der Waals surface area contributed by atoms with Gasteiger partial charge in [0, 0.05) is 6.42 Å². The van der Waals surface area contributed by atoms with Crippen LogP contribution >= 0.6 is 0 Å². The first-order valence-corrected chi connectivity index (χ1v) is 8.67. The minimum Gasteiger partial charge on any atom is -0.389 e. The summed E-state index contributed by atoms with van der Waals surface area (Å²) < 4.78 is 0. The number of allylic oxidation sites excluding steroid dienone is 5. The van der Waals surface area contributed by atoms with Crippen molar-refractivity contribution in [1.82, 2.24) is 0 Å². The van der Waals surface area contributed by atoms with E-state index in [2.05, 4.69) is 6.92 Å². The molecule has 0 rings (SSSR count). The molecule has 0 saturated carbocycles. The van der Waals surface area contributed by atoms with E-state index in [-0.39, 0.29) is 6.10 Å². The molecule has 0 amide bonds. The summed E-state index contributed by atoms with van der Waals surface area (Å²) in [5.74, 6) is 0. The highest BCUT2D eigenvalue weighted by Gasteiger charge is 1.96. The standard InChI is InChI=1S/C20H32O3/c1-2-3-9-14-19(22)16-11-6-7-12-17-20(23)15-10-5-4-8-13-18-21/h5-7,10-12,16-20,22-23H,2-4,8-9,13-15H2,1H3/b7-6-,10-5-,16-11+,17-12-. The Balaban J connectivity index is 3.78. The van der Waals surface area contributed by atoms with Crippen molar-refractivity contribution in [2.75, 3.05) is 0 Å². The zero-order chi connectivity index (χ0) is 17.2. The van der Waals surface area contributed by atoms with Gasteiger partial charge in [0.25, 0.3) is 0 Å². The van der Waals surface area contributed by atoms with Gasteiger partial charge < -0.3 is 15.0 Å². The highest BCUT2D eigenvalue weighted by molar-refractivity contribution is 5.49. The fraction of sp³-hybridized carbons (Fsp3) is 0.550. The van der Waals surface area contributed by atoms with Gasteiger partial charge in [0.15, 0.2) is 0 Å². The van der Waals surface area contributed by atoms with Gasteiger partial charge in [0.1, 0.15) is 6.29 Å². The van der Waals surface area contributed by atoms with Crippen molar-refractivity contribution in [3.63, 3.8) is 0 Å². The van der Waals surface area contributed by atoms with Crippen LogP contribution in [0.4, 0.5) is 0 Å². The first kappa shape index (κ1) is 21.6. The Labute approximate surface area is 141 Å². The van der Waals surface area contributed by atoms with E-state index < -0.39 is 6.10 Å². The normalized spacial score (nSPS) is 15.3. The topological polar surface area (TPSA) is 57.5 Å². The number of hydrogen-bond acceptors (Lipinski definition) is 3. The van der Waals surface area contributed by atoms with Gasteiger partial charge in [-0.2, -0.15) is 0 Å². The predicted molar refractivity (Wildman–Crippen MR) is 97.2 cm³/mol. The van der Waals surface area contributed by atoms with Crippen LogP contribution < -0.4 is 0 Å². The number of rotatable bonds is 14. The van der Waals surface area contributed by atoms with Crippen molar-refractivity contribution >= 4 is 6.29 Å². The zero-order valence-electron chi connectivity index (χ0n) is 14.3. The van der Waals surface area contributed by atoms with E-state index >= 15 is 0 Å². The van der Waals surface area contributed by atoms with E-state index in [1.807, 2.05) is 30.4 Å². The number of aliphatic hydroxyl groups is 2. The van der Waals surface area contributed by atoms with E-state index in [9.17, 15) is 15.0 Å². The molecule has 0 aliphatic carbocycles. The Kier molecular flexibility index (Phi) is 15.8. The van der Waals surface area contributed by atoms with Crippen molar-refractivity contribution in [3.05, 3.63) is 48.6 Å². The van der Waals surface area contributed by atoms with Crippen molar-refractivity contribution in [1.29, 1.82) is 0 Å². The maximum atomic E-state index is 10.1. The lowest BCUT2D eigenvalue weighted by Crippen LogP contribution is -2.00. The Morgan fingerprint density at radius 3 is 2.17 bits per heavy atom. The van der Waals surface area contributed by atoms with Crippen LogP contribution in [-0.4, -0.2) is 28.7 Å². The summed E-state index contributed by atoms with van der Waals surface area (Å²) in [7, 11) is 0. The van der Waals surface area contributed by atoms with Crippen LogP contribution in [0.3, 0.4) is 0 Å². The average Bonchev–Trinajstić information content (AvgIpc) is 2.54. The molecule has 0 saturated heterocycles. The van der Waals surface area contributed by atoms with Gasteiger partial charge in [-0.15, -0.1) is 0 Å². The fourth-order valence-electron chi connectivity index (χ4n) is 1.96. The van der Waals surface area contributed by atoms with Crippen LogP contribution in [0.25, 0.3) is 0 Å². The van der Waals surface area contributed by atoms with Crippen LogP contribution in [0.15, 0.2) is 48.6 Å². The van der Waals surface area contributed by atoms with Crippen molar-refractivity contribution in [2.45, 2.75) is 70.5 Å². The van der Waals surface area contributed by atoms with Gasteiger partial charge in [0.2, 0.25) is 0 Å². The lowest BCUT2D eigenvalue weighted by Gasteiger charge is -2.02. The van der Waals surface area contributed by atoms with E-state index in [4.69, 9.17) is 0 Å². The molecule has 130 valence electrons. The third-order valence-electron chi connectivity index (χ3n) is 3.34. The number of carbonyl (C=O) groups is 1. The van der Waals surface area contributed by atoms with Crippen LogP contribution in [-0.2, 0) is 4.79 Å². The second kappa shape index (κ2) is 16.9. The van der Waals surface area contributed by atoms with Crippen molar-refractivity contribution in [2.24, 2.45) is 0 Å². The van der Waals surface area contributed by atoms with Gasteiger partial charge in [0.05, 0.1) is 12.2 Å².